The molecule has 1 aromatic rings. The Morgan fingerprint density at radius 2 is 1.95 bits per heavy atom. The number of halogens is 2. The molecule has 2 N–H and O–H groups in total. The summed E-state index contributed by atoms with van der Waals surface area (Å²) in [5.74, 6) is -1.44. The highest BCUT2D eigenvalue weighted by Gasteiger charge is 2.10. The molecule has 0 fully saturated rings. The average molecular weight is 270 g/mol. The number of aliphatic hydroxyl groups excluding tert-OH is 1. The van der Waals surface area contributed by atoms with Gasteiger partial charge >= 0.3 is 0 Å². The monoisotopic (exact) mass is 270 g/mol. The first-order valence-electron chi connectivity index (χ1n) is 5.96. The molecule has 0 unspecified atom stereocenters. The van der Waals surface area contributed by atoms with Gasteiger partial charge in [-0.3, -0.25) is 0 Å². The SMILES string of the molecule is N#Cc1cc(F)c(CNCCCOCCO)c(F)c1. The van der Waals surface area contributed by atoms with Crippen LogP contribution in [0.5, 0.6) is 0 Å². The molecule has 0 aliphatic rings. The van der Waals surface area contributed by atoms with E-state index in [9.17, 15) is 8.78 Å². The highest BCUT2D eigenvalue weighted by atomic mass is 19.1. The van der Waals surface area contributed by atoms with Gasteiger partial charge < -0.3 is 15.2 Å². The second kappa shape index (κ2) is 8.53. The molecule has 0 bridgehead atoms. The fourth-order valence-corrected chi connectivity index (χ4v) is 1.52. The minimum Gasteiger partial charge on any atom is -0.394 e. The topological polar surface area (TPSA) is 65.3 Å². The maximum Gasteiger partial charge on any atom is 0.131 e. The molecule has 0 heterocycles. The van der Waals surface area contributed by atoms with Gasteiger partial charge in [-0.1, -0.05) is 0 Å². The standard InChI is InChI=1S/C13H16F2N2O2/c14-12-6-10(8-16)7-13(15)11(12)9-17-2-1-4-19-5-3-18/h6-7,17-18H,1-5,9H2. The van der Waals surface area contributed by atoms with Crippen LogP contribution in [0.4, 0.5) is 8.78 Å². The van der Waals surface area contributed by atoms with Gasteiger partial charge in [-0.15, -0.1) is 0 Å². The van der Waals surface area contributed by atoms with Gasteiger partial charge in [-0.25, -0.2) is 8.78 Å². The fourth-order valence-electron chi connectivity index (χ4n) is 1.52. The third-order valence-electron chi connectivity index (χ3n) is 2.45. The lowest BCUT2D eigenvalue weighted by Crippen LogP contribution is -2.18. The minimum atomic E-state index is -0.722. The Bertz CT molecular complexity index is 424. The van der Waals surface area contributed by atoms with Crippen LogP contribution in [0.3, 0.4) is 0 Å². The molecule has 0 radical (unpaired) electrons. The molecule has 0 saturated carbocycles. The average Bonchev–Trinajstić information content (AvgIpc) is 2.40. The van der Waals surface area contributed by atoms with Crippen LogP contribution in [0, 0.1) is 23.0 Å². The van der Waals surface area contributed by atoms with Crippen molar-refractivity contribution in [2.45, 2.75) is 13.0 Å². The van der Waals surface area contributed by atoms with Gasteiger partial charge in [0.15, 0.2) is 0 Å². The molecule has 1 rings (SSSR count). The number of hydrogen-bond donors (Lipinski definition) is 2. The molecular formula is C13H16F2N2O2. The lowest BCUT2D eigenvalue weighted by molar-refractivity contribution is 0.0907. The summed E-state index contributed by atoms with van der Waals surface area (Å²) in [5, 5.41) is 19.9. The second-order valence-corrected chi connectivity index (χ2v) is 3.90. The van der Waals surface area contributed by atoms with Crippen molar-refractivity contribution in [3.05, 3.63) is 34.9 Å². The molecule has 19 heavy (non-hydrogen) atoms. The molecule has 0 amide bonds. The predicted octanol–water partition coefficient (Wildman–Crippen LogP) is 1.33. The Labute approximate surface area is 110 Å². The van der Waals surface area contributed by atoms with E-state index in [1.54, 1.807) is 6.07 Å². The van der Waals surface area contributed by atoms with Crippen molar-refractivity contribution >= 4 is 0 Å². The van der Waals surface area contributed by atoms with Crippen molar-refractivity contribution in [1.82, 2.24) is 5.32 Å². The zero-order valence-corrected chi connectivity index (χ0v) is 10.5. The summed E-state index contributed by atoms with van der Waals surface area (Å²) in [7, 11) is 0. The fraction of sp³-hybridized carbons (Fsp3) is 0.462. The van der Waals surface area contributed by atoms with Crippen LogP contribution in [-0.2, 0) is 11.3 Å². The van der Waals surface area contributed by atoms with E-state index in [0.29, 0.717) is 26.2 Å². The number of nitriles is 1. The van der Waals surface area contributed by atoms with Gasteiger partial charge in [0.25, 0.3) is 0 Å². The molecule has 4 nitrogen and oxygen atoms in total. The van der Waals surface area contributed by atoms with Crippen molar-refractivity contribution < 1.29 is 18.6 Å². The Morgan fingerprint density at radius 3 is 2.53 bits per heavy atom. The van der Waals surface area contributed by atoms with E-state index in [1.165, 1.54) is 0 Å². The Hall–Kier alpha value is -1.55. The quantitative estimate of drug-likeness (QED) is 0.699. The van der Waals surface area contributed by atoms with Crippen molar-refractivity contribution in [2.75, 3.05) is 26.4 Å². The molecule has 1 aromatic carbocycles. The van der Waals surface area contributed by atoms with Crippen molar-refractivity contribution in [3.8, 4) is 6.07 Å². The predicted molar refractivity (Wildman–Crippen MR) is 65.3 cm³/mol. The lowest BCUT2D eigenvalue weighted by atomic mass is 10.1. The summed E-state index contributed by atoms with van der Waals surface area (Å²) in [6, 6.07) is 3.73. The number of ether oxygens (including phenoxy) is 1. The third-order valence-corrected chi connectivity index (χ3v) is 2.45. The number of hydrogen-bond acceptors (Lipinski definition) is 4. The molecule has 0 spiro atoms. The van der Waals surface area contributed by atoms with Gasteiger partial charge in [0.2, 0.25) is 0 Å². The number of benzene rings is 1. The summed E-state index contributed by atoms with van der Waals surface area (Å²) in [6.07, 6.45) is 0.680. The number of nitrogens with one attached hydrogen (secondary N) is 1. The largest absolute Gasteiger partial charge is 0.394 e. The van der Waals surface area contributed by atoms with E-state index < -0.39 is 11.6 Å². The smallest absolute Gasteiger partial charge is 0.131 e. The van der Waals surface area contributed by atoms with Gasteiger partial charge in [0.05, 0.1) is 24.8 Å². The van der Waals surface area contributed by atoms with Gasteiger partial charge in [-0.2, -0.15) is 5.26 Å². The van der Waals surface area contributed by atoms with Gasteiger partial charge in [-0.05, 0) is 25.1 Å². The van der Waals surface area contributed by atoms with Crippen LogP contribution in [0.1, 0.15) is 17.5 Å². The highest BCUT2D eigenvalue weighted by Crippen LogP contribution is 2.14. The maximum absolute atomic E-state index is 13.5. The summed E-state index contributed by atoms with van der Waals surface area (Å²) < 4.78 is 32.0. The van der Waals surface area contributed by atoms with Crippen molar-refractivity contribution in [2.24, 2.45) is 0 Å². The van der Waals surface area contributed by atoms with Crippen LogP contribution < -0.4 is 5.32 Å². The summed E-state index contributed by atoms with van der Waals surface area (Å²) in [4.78, 5) is 0. The normalized spacial score (nSPS) is 10.4. The number of aliphatic hydroxyl groups is 1. The number of rotatable bonds is 8. The van der Waals surface area contributed by atoms with E-state index in [1.807, 2.05) is 0 Å². The third kappa shape index (κ3) is 5.30. The molecule has 0 aromatic heterocycles. The first kappa shape index (κ1) is 15.5. The van der Waals surface area contributed by atoms with E-state index in [0.717, 1.165) is 12.1 Å². The van der Waals surface area contributed by atoms with Crippen LogP contribution in [-0.4, -0.2) is 31.5 Å². The Morgan fingerprint density at radius 1 is 1.26 bits per heavy atom. The Balaban J connectivity index is 2.36. The van der Waals surface area contributed by atoms with Crippen LogP contribution in [0.15, 0.2) is 12.1 Å². The zero-order valence-electron chi connectivity index (χ0n) is 10.5. The van der Waals surface area contributed by atoms with Crippen LogP contribution >= 0.6 is 0 Å². The molecule has 0 aliphatic heterocycles. The van der Waals surface area contributed by atoms with Gasteiger partial charge in [0.1, 0.15) is 11.6 Å². The van der Waals surface area contributed by atoms with E-state index >= 15 is 0 Å². The molecule has 0 aliphatic carbocycles. The van der Waals surface area contributed by atoms with Gasteiger partial charge in [0, 0.05) is 18.7 Å². The summed E-state index contributed by atoms with van der Waals surface area (Å²) in [6.45, 7) is 1.35. The van der Waals surface area contributed by atoms with E-state index in [4.69, 9.17) is 15.1 Å². The molecule has 6 heteroatoms. The van der Waals surface area contributed by atoms with Crippen LogP contribution in [0.25, 0.3) is 0 Å². The molecule has 104 valence electrons. The van der Waals surface area contributed by atoms with Crippen molar-refractivity contribution in [3.63, 3.8) is 0 Å². The molecular weight excluding hydrogens is 254 g/mol. The minimum absolute atomic E-state index is 0.0188. The summed E-state index contributed by atoms with van der Waals surface area (Å²) >= 11 is 0. The summed E-state index contributed by atoms with van der Waals surface area (Å²) in [5.41, 5.74) is -0.105. The highest BCUT2D eigenvalue weighted by molar-refractivity contribution is 5.34. The van der Waals surface area contributed by atoms with Crippen LogP contribution in [0.2, 0.25) is 0 Å². The first-order chi connectivity index (χ1) is 9.19. The molecule has 0 atom stereocenters. The van der Waals surface area contributed by atoms with E-state index in [-0.39, 0.29) is 24.3 Å². The first-order valence-corrected chi connectivity index (χ1v) is 5.96. The second-order valence-electron chi connectivity index (χ2n) is 3.90. The van der Waals surface area contributed by atoms with Crippen molar-refractivity contribution in [1.29, 1.82) is 5.26 Å². The lowest BCUT2D eigenvalue weighted by Gasteiger charge is -2.08. The Kier molecular flexibility index (Phi) is 6.97. The number of nitrogens with zero attached hydrogens (tertiary/aromatic N) is 1. The molecule has 0 saturated heterocycles. The van der Waals surface area contributed by atoms with E-state index in [2.05, 4.69) is 5.32 Å². The zero-order chi connectivity index (χ0) is 14.1. The maximum atomic E-state index is 13.5.